The molecule has 1 heterocycles. The summed E-state index contributed by atoms with van der Waals surface area (Å²) in [6, 6.07) is 2.04. The third-order valence-electron chi connectivity index (χ3n) is 3.68. The average molecular weight is 267 g/mol. The van der Waals surface area contributed by atoms with Crippen molar-refractivity contribution in [3.63, 3.8) is 0 Å². The summed E-state index contributed by atoms with van der Waals surface area (Å²) in [6.45, 7) is 6.70. The summed E-state index contributed by atoms with van der Waals surface area (Å²) in [5.74, 6) is 0.928. The van der Waals surface area contributed by atoms with Crippen LogP contribution in [0.1, 0.15) is 23.1 Å². The van der Waals surface area contributed by atoms with Crippen molar-refractivity contribution in [2.45, 2.75) is 27.2 Å². The standard InChI is InChI=1S/C14H19ClN2O/c1-8-4-9(2)14(10(3)13(8)16)17-7-11(6-15)5-12(17)18/h4,11H,5-7,16H2,1-3H3. The minimum Gasteiger partial charge on any atom is -0.398 e. The molecule has 1 aliphatic heterocycles. The van der Waals surface area contributed by atoms with Crippen molar-refractivity contribution in [2.24, 2.45) is 5.92 Å². The van der Waals surface area contributed by atoms with Crippen LogP contribution < -0.4 is 10.6 Å². The minimum absolute atomic E-state index is 0.148. The number of alkyl halides is 1. The van der Waals surface area contributed by atoms with Crippen molar-refractivity contribution in [1.82, 2.24) is 0 Å². The molecule has 1 amide bonds. The molecule has 3 nitrogen and oxygen atoms in total. The Labute approximate surface area is 113 Å². The Hall–Kier alpha value is -1.22. The van der Waals surface area contributed by atoms with Gasteiger partial charge in [-0.15, -0.1) is 11.6 Å². The van der Waals surface area contributed by atoms with Gasteiger partial charge in [-0.25, -0.2) is 0 Å². The molecule has 1 atom stereocenters. The fourth-order valence-corrected chi connectivity index (χ4v) is 2.91. The SMILES string of the molecule is Cc1cc(C)c(N2CC(CCl)CC2=O)c(C)c1N. The third-order valence-corrected chi connectivity index (χ3v) is 4.12. The second-order valence-corrected chi connectivity index (χ2v) is 5.44. The van der Waals surface area contributed by atoms with Crippen molar-refractivity contribution in [3.8, 4) is 0 Å². The Kier molecular flexibility index (Phi) is 3.53. The normalized spacial score (nSPS) is 19.7. The molecule has 1 aromatic rings. The Balaban J connectivity index is 2.46. The highest BCUT2D eigenvalue weighted by molar-refractivity contribution is 6.18. The van der Waals surface area contributed by atoms with Gasteiger partial charge < -0.3 is 10.6 Å². The van der Waals surface area contributed by atoms with Crippen LogP contribution in [0.2, 0.25) is 0 Å². The summed E-state index contributed by atoms with van der Waals surface area (Å²) < 4.78 is 0. The number of hydrogen-bond acceptors (Lipinski definition) is 2. The minimum atomic E-state index is 0.148. The number of amides is 1. The Morgan fingerprint density at radius 1 is 1.39 bits per heavy atom. The molecule has 2 N–H and O–H groups in total. The first-order valence-electron chi connectivity index (χ1n) is 6.18. The fourth-order valence-electron chi connectivity index (χ4n) is 2.71. The van der Waals surface area contributed by atoms with Gasteiger partial charge >= 0.3 is 0 Å². The number of hydrogen-bond donors (Lipinski definition) is 1. The summed E-state index contributed by atoms with van der Waals surface area (Å²) in [5, 5.41) is 0. The van der Waals surface area contributed by atoms with Crippen molar-refractivity contribution in [2.75, 3.05) is 23.1 Å². The van der Waals surface area contributed by atoms with Crippen molar-refractivity contribution in [1.29, 1.82) is 0 Å². The molecule has 1 saturated heterocycles. The summed E-state index contributed by atoms with van der Waals surface area (Å²) >= 11 is 5.86. The molecule has 18 heavy (non-hydrogen) atoms. The molecule has 1 unspecified atom stereocenters. The van der Waals surface area contributed by atoms with Crippen LogP contribution in [0.3, 0.4) is 0 Å². The van der Waals surface area contributed by atoms with E-state index in [-0.39, 0.29) is 11.8 Å². The van der Waals surface area contributed by atoms with Gasteiger partial charge in [0.15, 0.2) is 0 Å². The predicted octanol–water partition coefficient (Wildman–Crippen LogP) is 2.79. The maximum atomic E-state index is 12.1. The van der Waals surface area contributed by atoms with Gasteiger partial charge in [-0.2, -0.15) is 0 Å². The van der Waals surface area contributed by atoms with E-state index in [1.165, 1.54) is 0 Å². The number of nitrogens with two attached hydrogens (primary N) is 1. The highest BCUT2D eigenvalue weighted by Crippen LogP contribution is 2.35. The molecule has 0 saturated carbocycles. The molecular weight excluding hydrogens is 248 g/mol. The monoisotopic (exact) mass is 266 g/mol. The highest BCUT2D eigenvalue weighted by atomic mass is 35.5. The van der Waals surface area contributed by atoms with Gasteiger partial charge in [-0.05, 0) is 43.4 Å². The summed E-state index contributed by atoms with van der Waals surface area (Å²) in [4.78, 5) is 13.9. The first-order valence-corrected chi connectivity index (χ1v) is 6.71. The predicted molar refractivity (Wildman–Crippen MR) is 76.2 cm³/mol. The Morgan fingerprint density at radius 2 is 2.06 bits per heavy atom. The van der Waals surface area contributed by atoms with Crippen LogP contribution in [-0.2, 0) is 4.79 Å². The zero-order valence-corrected chi connectivity index (χ0v) is 11.8. The number of nitrogens with zero attached hydrogens (tertiary/aromatic N) is 1. The van der Waals surface area contributed by atoms with Crippen molar-refractivity contribution < 1.29 is 4.79 Å². The number of anilines is 2. The van der Waals surface area contributed by atoms with E-state index in [0.717, 1.165) is 28.1 Å². The summed E-state index contributed by atoms with van der Waals surface area (Å²) in [6.07, 6.45) is 0.538. The maximum Gasteiger partial charge on any atom is 0.227 e. The fraction of sp³-hybridized carbons (Fsp3) is 0.500. The molecule has 0 radical (unpaired) electrons. The first kappa shape index (κ1) is 13.2. The molecule has 1 fully saturated rings. The van der Waals surface area contributed by atoms with Gasteiger partial charge in [-0.3, -0.25) is 4.79 Å². The second kappa shape index (κ2) is 4.81. The van der Waals surface area contributed by atoms with E-state index in [2.05, 4.69) is 0 Å². The van der Waals surface area contributed by atoms with Crippen LogP contribution in [-0.4, -0.2) is 18.3 Å². The van der Waals surface area contributed by atoms with Gasteiger partial charge in [0.25, 0.3) is 0 Å². The number of carbonyl (C=O) groups excluding carboxylic acids is 1. The zero-order chi connectivity index (χ0) is 13.4. The Morgan fingerprint density at radius 3 is 2.61 bits per heavy atom. The molecule has 98 valence electrons. The lowest BCUT2D eigenvalue weighted by Crippen LogP contribution is -2.26. The van der Waals surface area contributed by atoms with Gasteiger partial charge in [0.1, 0.15) is 0 Å². The highest BCUT2D eigenvalue weighted by Gasteiger charge is 2.32. The van der Waals surface area contributed by atoms with Crippen LogP contribution in [0.5, 0.6) is 0 Å². The number of aryl methyl sites for hydroxylation is 2. The van der Waals surface area contributed by atoms with Gasteiger partial charge in [0.2, 0.25) is 5.91 Å². The largest absolute Gasteiger partial charge is 0.398 e. The Bertz CT molecular complexity index is 499. The molecular formula is C14H19ClN2O. The van der Waals surface area contributed by atoms with E-state index >= 15 is 0 Å². The van der Waals surface area contributed by atoms with Crippen molar-refractivity contribution in [3.05, 3.63) is 22.8 Å². The smallest absolute Gasteiger partial charge is 0.227 e. The van der Waals surface area contributed by atoms with E-state index < -0.39 is 0 Å². The van der Waals surface area contributed by atoms with Crippen LogP contribution in [0, 0.1) is 26.7 Å². The lowest BCUT2D eigenvalue weighted by Gasteiger charge is -2.23. The van der Waals surface area contributed by atoms with Crippen LogP contribution >= 0.6 is 11.6 Å². The van der Waals surface area contributed by atoms with Gasteiger partial charge in [0.05, 0.1) is 5.69 Å². The quantitative estimate of drug-likeness (QED) is 0.661. The van der Waals surface area contributed by atoms with E-state index in [0.29, 0.717) is 18.8 Å². The lowest BCUT2D eigenvalue weighted by atomic mass is 10.0. The molecule has 0 spiro atoms. The average Bonchev–Trinajstić information content (AvgIpc) is 2.68. The molecule has 2 rings (SSSR count). The first-order chi connectivity index (χ1) is 8.45. The molecule has 1 aromatic carbocycles. The van der Waals surface area contributed by atoms with Crippen LogP contribution in [0.15, 0.2) is 6.07 Å². The maximum absolute atomic E-state index is 12.1. The molecule has 0 aliphatic carbocycles. The third kappa shape index (κ3) is 2.07. The van der Waals surface area contributed by atoms with Crippen LogP contribution in [0.25, 0.3) is 0 Å². The van der Waals surface area contributed by atoms with Gasteiger partial charge in [-0.1, -0.05) is 6.07 Å². The van der Waals surface area contributed by atoms with E-state index in [4.69, 9.17) is 17.3 Å². The van der Waals surface area contributed by atoms with Gasteiger partial charge in [0, 0.05) is 24.5 Å². The molecule has 0 aromatic heterocycles. The lowest BCUT2D eigenvalue weighted by molar-refractivity contribution is -0.117. The van der Waals surface area contributed by atoms with Crippen LogP contribution in [0.4, 0.5) is 11.4 Å². The summed E-state index contributed by atoms with van der Waals surface area (Å²) in [5.41, 5.74) is 11.0. The zero-order valence-electron chi connectivity index (χ0n) is 11.1. The number of halogens is 1. The topological polar surface area (TPSA) is 46.3 Å². The number of rotatable bonds is 2. The number of carbonyl (C=O) groups is 1. The molecule has 4 heteroatoms. The number of nitrogen functional groups attached to an aromatic ring is 1. The number of benzene rings is 1. The van der Waals surface area contributed by atoms with E-state index in [9.17, 15) is 4.79 Å². The van der Waals surface area contributed by atoms with E-state index in [1.807, 2.05) is 31.7 Å². The molecule has 0 bridgehead atoms. The summed E-state index contributed by atoms with van der Waals surface area (Å²) in [7, 11) is 0. The van der Waals surface area contributed by atoms with E-state index in [1.54, 1.807) is 0 Å². The molecule has 1 aliphatic rings. The van der Waals surface area contributed by atoms with Crippen molar-refractivity contribution >= 4 is 28.9 Å². The second-order valence-electron chi connectivity index (χ2n) is 5.13.